The number of hydrogen-bond acceptors (Lipinski definition) is 5. The molecule has 1 amide bonds. The van der Waals surface area contributed by atoms with E-state index >= 15 is 0 Å². The number of nitrogens with zero attached hydrogens (tertiary/aromatic N) is 1. The highest BCUT2D eigenvalue weighted by Crippen LogP contribution is 2.41. The predicted octanol–water partition coefficient (Wildman–Crippen LogP) is 5.64. The van der Waals surface area contributed by atoms with Crippen molar-refractivity contribution in [1.82, 2.24) is 4.90 Å². The first-order valence-corrected chi connectivity index (χ1v) is 11.8. The summed E-state index contributed by atoms with van der Waals surface area (Å²) in [6.45, 7) is -0.266. The number of Topliss-reactive ketones (excluding diaryl/α,β-unsaturated/α-hetero) is 1. The van der Waals surface area contributed by atoms with Gasteiger partial charge in [0, 0.05) is 22.7 Å². The SMILES string of the molecule is O=C1C(=O)N(CCO)C(c2ccc(Cl)c(Cl)c2)/C1=C(\O)c1cccc(OCc2ccccc2Cl)c1. The van der Waals surface area contributed by atoms with Gasteiger partial charge >= 0.3 is 0 Å². The van der Waals surface area contributed by atoms with Crippen molar-refractivity contribution in [2.24, 2.45) is 0 Å². The van der Waals surface area contributed by atoms with Crippen LogP contribution in [0.25, 0.3) is 5.76 Å². The van der Waals surface area contributed by atoms with E-state index in [-0.39, 0.29) is 41.7 Å². The van der Waals surface area contributed by atoms with E-state index in [1.807, 2.05) is 18.2 Å². The van der Waals surface area contributed by atoms with Crippen molar-refractivity contribution in [3.05, 3.63) is 104 Å². The van der Waals surface area contributed by atoms with Crippen LogP contribution in [-0.4, -0.2) is 40.0 Å². The smallest absolute Gasteiger partial charge is 0.295 e. The van der Waals surface area contributed by atoms with Gasteiger partial charge in [-0.25, -0.2) is 0 Å². The van der Waals surface area contributed by atoms with E-state index in [0.29, 0.717) is 21.4 Å². The summed E-state index contributed by atoms with van der Waals surface area (Å²) in [7, 11) is 0. The average molecular weight is 533 g/mol. The molecule has 1 aliphatic rings. The number of carbonyl (C=O) groups excluding carboxylic acids is 2. The lowest BCUT2D eigenvalue weighted by Gasteiger charge is -2.24. The van der Waals surface area contributed by atoms with E-state index in [4.69, 9.17) is 39.5 Å². The van der Waals surface area contributed by atoms with Crippen LogP contribution in [0, 0.1) is 0 Å². The van der Waals surface area contributed by atoms with E-state index < -0.39 is 17.7 Å². The predicted molar refractivity (Wildman–Crippen MR) is 135 cm³/mol. The number of amides is 1. The third kappa shape index (κ3) is 5.16. The number of aliphatic hydroxyl groups is 2. The lowest BCUT2D eigenvalue weighted by atomic mass is 9.95. The normalized spacial score (nSPS) is 17.1. The summed E-state index contributed by atoms with van der Waals surface area (Å²) >= 11 is 18.4. The number of halogens is 3. The van der Waals surface area contributed by atoms with Crippen molar-refractivity contribution >= 4 is 52.3 Å². The van der Waals surface area contributed by atoms with Crippen molar-refractivity contribution in [3.63, 3.8) is 0 Å². The molecule has 0 aliphatic carbocycles. The second-order valence-electron chi connectivity index (χ2n) is 7.80. The van der Waals surface area contributed by atoms with Crippen molar-refractivity contribution in [2.45, 2.75) is 12.6 Å². The van der Waals surface area contributed by atoms with Crippen LogP contribution in [0.3, 0.4) is 0 Å². The zero-order valence-corrected chi connectivity index (χ0v) is 20.5. The van der Waals surface area contributed by atoms with Crippen LogP contribution in [0.15, 0.2) is 72.3 Å². The van der Waals surface area contributed by atoms with E-state index in [0.717, 1.165) is 5.56 Å². The Kier molecular flexibility index (Phi) is 7.67. The van der Waals surface area contributed by atoms with Gasteiger partial charge in [-0.1, -0.05) is 71.2 Å². The van der Waals surface area contributed by atoms with E-state index in [1.54, 1.807) is 42.5 Å². The topological polar surface area (TPSA) is 87.1 Å². The zero-order valence-electron chi connectivity index (χ0n) is 18.2. The number of rotatable bonds is 7. The highest BCUT2D eigenvalue weighted by Gasteiger charge is 2.46. The average Bonchev–Trinajstić information content (AvgIpc) is 3.10. The quantitative estimate of drug-likeness (QED) is 0.234. The molecule has 0 spiro atoms. The Morgan fingerprint density at radius 1 is 0.914 bits per heavy atom. The van der Waals surface area contributed by atoms with Crippen LogP contribution >= 0.6 is 34.8 Å². The Labute approximate surface area is 216 Å². The molecule has 180 valence electrons. The highest BCUT2D eigenvalue weighted by molar-refractivity contribution is 6.47. The summed E-state index contributed by atoms with van der Waals surface area (Å²) in [4.78, 5) is 26.9. The maximum Gasteiger partial charge on any atom is 0.295 e. The lowest BCUT2D eigenvalue weighted by molar-refractivity contribution is -0.140. The van der Waals surface area contributed by atoms with E-state index in [2.05, 4.69) is 0 Å². The van der Waals surface area contributed by atoms with Crippen molar-refractivity contribution in [2.75, 3.05) is 13.2 Å². The molecule has 1 unspecified atom stereocenters. The van der Waals surface area contributed by atoms with Crippen LogP contribution in [-0.2, 0) is 16.2 Å². The van der Waals surface area contributed by atoms with Crippen LogP contribution in [0.2, 0.25) is 15.1 Å². The zero-order chi connectivity index (χ0) is 25.1. The second kappa shape index (κ2) is 10.7. The molecule has 35 heavy (non-hydrogen) atoms. The van der Waals surface area contributed by atoms with Gasteiger partial charge in [-0.15, -0.1) is 0 Å². The molecule has 1 saturated heterocycles. The summed E-state index contributed by atoms with van der Waals surface area (Å²) in [6, 6.07) is 17.5. The van der Waals surface area contributed by atoms with Gasteiger partial charge in [0.05, 0.1) is 28.3 Å². The number of likely N-dealkylation sites (tertiary alicyclic amines) is 1. The number of ketones is 1. The number of aliphatic hydroxyl groups excluding tert-OH is 2. The molecule has 0 radical (unpaired) electrons. The molecule has 3 aromatic carbocycles. The van der Waals surface area contributed by atoms with E-state index in [1.165, 1.54) is 11.0 Å². The minimum absolute atomic E-state index is 0.104. The van der Waals surface area contributed by atoms with Crippen molar-refractivity contribution in [3.8, 4) is 5.75 Å². The van der Waals surface area contributed by atoms with Crippen LogP contribution in [0.5, 0.6) is 5.75 Å². The van der Waals surface area contributed by atoms with Gasteiger partial charge in [-0.2, -0.15) is 0 Å². The Balaban J connectivity index is 1.73. The Morgan fingerprint density at radius 2 is 1.69 bits per heavy atom. The molecule has 1 atom stereocenters. The molecular weight excluding hydrogens is 513 g/mol. The summed E-state index contributed by atoms with van der Waals surface area (Å²) < 4.78 is 5.83. The van der Waals surface area contributed by atoms with Gasteiger partial charge in [0.25, 0.3) is 11.7 Å². The van der Waals surface area contributed by atoms with Gasteiger partial charge < -0.3 is 19.8 Å². The molecule has 3 aromatic rings. The standard InChI is InChI=1S/C26H20Cl3NO5/c27-19-7-2-1-4-17(19)14-35-18-6-3-5-16(12-18)24(32)22-23(15-8-9-20(28)21(29)13-15)30(10-11-31)26(34)25(22)33/h1-9,12-13,23,31-32H,10-11,14H2/b24-22+. The van der Waals surface area contributed by atoms with E-state index in [9.17, 15) is 19.8 Å². The molecule has 6 nitrogen and oxygen atoms in total. The number of carbonyl (C=O) groups is 2. The number of ether oxygens (including phenoxy) is 1. The highest BCUT2D eigenvalue weighted by atomic mass is 35.5. The Morgan fingerprint density at radius 3 is 2.40 bits per heavy atom. The maximum absolute atomic E-state index is 13.0. The van der Waals surface area contributed by atoms with Crippen molar-refractivity contribution < 1.29 is 24.5 Å². The largest absolute Gasteiger partial charge is 0.507 e. The van der Waals surface area contributed by atoms with Crippen LogP contribution in [0.4, 0.5) is 0 Å². The number of hydrogen-bond donors (Lipinski definition) is 2. The van der Waals surface area contributed by atoms with Crippen LogP contribution < -0.4 is 4.74 Å². The van der Waals surface area contributed by atoms with Gasteiger partial charge in [-0.3, -0.25) is 9.59 Å². The van der Waals surface area contributed by atoms with Crippen molar-refractivity contribution in [1.29, 1.82) is 0 Å². The molecule has 9 heteroatoms. The summed E-state index contributed by atoms with van der Waals surface area (Å²) in [6.07, 6.45) is 0. The second-order valence-corrected chi connectivity index (χ2v) is 9.02. The fraction of sp³-hybridized carbons (Fsp3) is 0.154. The van der Waals surface area contributed by atoms with Gasteiger partial charge in [0.15, 0.2) is 0 Å². The monoisotopic (exact) mass is 531 g/mol. The molecule has 1 aliphatic heterocycles. The van der Waals surface area contributed by atoms with Crippen LogP contribution in [0.1, 0.15) is 22.7 Å². The first kappa shape index (κ1) is 25.1. The molecule has 0 bridgehead atoms. The van der Waals surface area contributed by atoms with Gasteiger partial charge in [-0.05, 0) is 35.9 Å². The molecule has 4 rings (SSSR count). The Bertz CT molecular complexity index is 1320. The lowest BCUT2D eigenvalue weighted by Crippen LogP contribution is -2.32. The number of benzene rings is 3. The molecule has 1 fully saturated rings. The molecular formula is C26H20Cl3NO5. The number of β-amino-alcohol motifs (C(OH)–C–C–N with tert-alkyl or cyclic N) is 1. The third-order valence-corrected chi connectivity index (χ3v) is 6.71. The minimum Gasteiger partial charge on any atom is -0.507 e. The fourth-order valence-corrected chi connectivity index (χ4v) is 4.41. The Hall–Kier alpha value is -3.03. The molecule has 1 heterocycles. The summed E-state index contributed by atoms with van der Waals surface area (Å²) in [5, 5.41) is 21.8. The first-order valence-electron chi connectivity index (χ1n) is 10.6. The van der Waals surface area contributed by atoms with Gasteiger partial charge in [0.1, 0.15) is 18.1 Å². The summed E-state index contributed by atoms with van der Waals surface area (Å²) in [5.41, 5.74) is 1.43. The third-order valence-electron chi connectivity index (χ3n) is 5.60. The molecule has 2 N–H and O–H groups in total. The molecule has 0 saturated carbocycles. The maximum atomic E-state index is 13.0. The van der Waals surface area contributed by atoms with Gasteiger partial charge in [0.2, 0.25) is 0 Å². The minimum atomic E-state index is -0.954. The first-order chi connectivity index (χ1) is 16.8. The summed E-state index contributed by atoms with van der Waals surface area (Å²) in [5.74, 6) is -1.63. The molecule has 0 aromatic heterocycles. The fourth-order valence-electron chi connectivity index (χ4n) is 3.91.